The predicted octanol–water partition coefficient (Wildman–Crippen LogP) is 3.74. The highest BCUT2D eigenvalue weighted by atomic mass is 16.5. The molecule has 0 aliphatic heterocycles. The van der Waals surface area contributed by atoms with Crippen LogP contribution >= 0.6 is 0 Å². The molecule has 0 radical (unpaired) electrons. The summed E-state index contributed by atoms with van der Waals surface area (Å²) in [5.41, 5.74) is 4.61. The number of aromatic hydroxyl groups is 1. The lowest BCUT2D eigenvalue weighted by atomic mass is 10.2. The summed E-state index contributed by atoms with van der Waals surface area (Å²) >= 11 is 0. The average molecular weight is 376 g/mol. The highest BCUT2D eigenvalue weighted by Gasteiger charge is 2.05. The summed E-state index contributed by atoms with van der Waals surface area (Å²) in [5, 5.41) is 13.6. The summed E-state index contributed by atoms with van der Waals surface area (Å²) in [6.45, 7) is 0.464. The summed E-state index contributed by atoms with van der Waals surface area (Å²) in [6.07, 6.45) is 1.44. The van der Waals surface area contributed by atoms with Crippen LogP contribution in [0.2, 0.25) is 0 Å². The maximum atomic E-state index is 12.2. The van der Waals surface area contributed by atoms with Gasteiger partial charge in [-0.2, -0.15) is 5.10 Å². The first-order valence-electron chi connectivity index (χ1n) is 8.63. The summed E-state index contributed by atoms with van der Waals surface area (Å²) < 4.78 is 10.7. The van der Waals surface area contributed by atoms with Crippen molar-refractivity contribution in [2.45, 2.75) is 6.61 Å². The van der Waals surface area contributed by atoms with Crippen molar-refractivity contribution in [3.05, 3.63) is 89.5 Å². The number of hydrogen-bond donors (Lipinski definition) is 2. The molecular weight excluding hydrogens is 356 g/mol. The minimum Gasteiger partial charge on any atom is -0.504 e. The normalized spacial score (nSPS) is 10.6. The van der Waals surface area contributed by atoms with E-state index in [2.05, 4.69) is 10.5 Å². The second-order valence-electron chi connectivity index (χ2n) is 5.93. The third-order valence-corrected chi connectivity index (χ3v) is 3.95. The third-order valence-electron chi connectivity index (χ3n) is 3.95. The Morgan fingerprint density at radius 3 is 2.50 bits per heavy atom. The third kappa shape index (κ3) is 5.11. The van der Waals surface area contributed by atoms with Crippen molar-refractivity contribution in [2.75, 3.05) is 7.11 Å². The van der Waals surface area contributed by atoms with E-state index in [1.807, 2.05) is 30.3 Å². The summed E-state index contributed by atoms with van der Waals surface area (Å²) in [6, 6.07) is 21.5. The zero-order chi connectivity index (χ0) is 19.8. The van der Waals surface area contributed by atoms with Gasteiger partial charge in [-0.1, -0.05) is 30.3 Å². The lowest BCUT2D eigenvalue weighted by Gasteiger charge is -2.07. The lowest BCUT2D eigenvalue weighted by Crippen LogP contribution is -2.17. The summed E-state index contributed by atoms with van der Waals surface area (Å²) in [4.78, 5) is 12.2. The SMILES string of the molecule is COc1ccc(/C=N/NC(=O)c2ccc(OCc3ccccc3)cc2)cc1O. The molecule has 6 heteroatoms. The Kier molecular flexibility index (Phi) is 6.25. The van der Waals surface area contributed by atoms with Gasteiger partial charge in [-0.25, -0.2) is 5.43 Å². The van der Waals surface area contributed by atoms with Gasteiger partial charge in [0.05, 0.1) is 13.3 Å². The number of carbonyl (C=O) groups is 1. The molecule has 0 unspecified atom stereocenters. The number of benzene rings is 3. The van der Waals surface area contributed by atoms with E-state index in [9.17, 15) is 9.90 Å². The van der Waals surface area contributed by atoms with Crippen molar-refractivity contribution in [1.82, 2.24) is 5.43 Å². The Bertz CT molecular complexity index is 954. The molecule has 0 aromatic heterocycles. The quantitative estimate of drug-likeness (QED) is 0.486. The Balaban J connectivity index is 1.53. The number of hydrazone groups is 1. The molecule has 0 heterocycles. The second-order valence-corrected chi connectivity index (χ2v) is 5.93. The van der Waals surface area contributed by atoms with Crippen LogP contribution in [0.3, 0.4) is 0 Å². The number of ether oxygens (including phenoxy) is 2. The highest BCUT2D eigenvalue weighted by Crippen LogP contribution is 2.25. The zero-order valence-corrected chi connectivity index (χ0v) is 15.3. The molecule has 3 aromatic rings. The lowest BCUT2D eigenvalue weighted by molar-refractivity contribution is 0.0955. The second kappa shape index (κ2) is 9.23. The molecular formula is C22H20N2O4. The number of amides is 1. The van der Waals surface area contributed by atoms with Crippen LogP contribution in [-0.2, 0) is 6.61 Å². The topological polar surface area (TPSA) is 80.2 Å². The van der Waals surface area contributed by atoms with Crippen LogP contribution in [-0.4, -0.2) is 24.3 Å². The largest absolute Gasteiger partial charge is 0.504 e. The van der Waals surface area contributed by atoms with Crippen LogP contribution in [0.1, 0.15) is 21.5 Å². The maximum Gasteiger partial charge on any atom is 0.271 e. The fraction of sp³-hybridized carbons (Fsp3) is 0.0909. The minimum absolute atomic E-state index is 0.00358. The number of carbonyl (C=O) groups excluding carboxylic acids is 1. The molecule has 0 aliphatic rings. The number of phenolic OH excluding ortho intramolecular Hbond substituents is 1. The van der Waals surface area contributed by atoms with E-state index in [1.165, 1.54) is 19.4 Å². The van der Waals surface area contributed by atoms with Gasteiger partial charge in [0.1, 0.15) is 12.4 Å². The van der Waals surface area contributed by atoms with Crippen LogP contribution in [0.25, 0.3) is 0 Å². The molecule has 1 amide bonds. The molecule has 3 rings (SSSR count). The molecule has 3 aromatic carbocycles. The van der Waals surface area contributed by atoms with Gasteiger partial charge in [-0.3, -0.25) is 4.79 Å². The van der Waals surface area contributed by atoms with Crippen molar-refractivity contribution >= 4 is 12.1 Å². The first kappa shape index (κ1) is 19.0. The summed E-state index contributed by atoms with van der Waals surface area (Å²) in [5.74, 6) is 0.709. The van der Waals surface area contributed by atoms with E-state index >= 15 is 0 Å². The van der Waals surface area contributed by atoms with Crippen LogP contribution in [0.5, 0.6) is 17.2 Å². The minimum atomic E-state index is -0.344. The van der Waals surface area contributed by atoms with Crippen LogP contribution < -0.4 is 14.9 Å². The molecule has 142 valence electrons. The van der Waals surface area contributed by atoms with E-state index < -0.39 is 0 Å². The van der Waals surface area contributed by atoms with E-state index in [4.69, 9.17) is 9.47 Å². The van der Waals surface area contributed by atoms with Gasteiger partial charge in [0.2, 0.25) is 0 Å². The summed E-state index contributed by atoms with van der Waals surface area (Å²) in [7, 11) is 1.47. The maximum absolute atomic E-state index is 12.2. The van der Waals surface area contributed by atoms with Crippen molar-refractivity contribution in [3.63, 3.8) is 0 Å². The Morgan fingerprint density at radius 1 is 1.07 bits per heavy atom. The van der Waals surface area contributed by atoms with Crippen molar-refractivity contribution in [3.8, 4) is 17.2 Å². The number of hydrogen-bond acceptors (Lipinski definition) is 5. The van der Waals surface area contributed by atoms with E-state index in [0.29, 0.717) is 29.2 Å². The van der Waals surface area contributed by atoms with Crippen LogP contribution in [0.15, 0.2) is 77.9 Å². The van der Waals surface area contributed by atoms with E-state index in [0.717, 1.165) is 5.56 Å². The fourth-order valence-corrected chi connectivity index (χ4v) is 2.46. The van der Waals surface area contributed by atoms with Gasteiger partial charge in [-0.05, 0) is 53.6 Å². The number of nitrogens with one attached hydrogen (secondary N) is 1. The van der Waals surface area contributed by atoms with Crippen LogP contribution in [0.4, 0.5) is 0 Å². The molecule has 0 bridgehead atoms. The van der Waals surface area contributed by atoms with Crippen molar-refractivity contribution < 1.29 is 19.4 Å². The van der Waals surface area contributed by atoms with Gasteiger partial charge >= 0.3 is 0 Å². The smallest absolute Gasteiger partial charge is 0.271 e. The molecule has 0 spiro atoms. The number of nitrogens with zero attached hydrogens (tertiary/aromatic N) is 1. The van der Waals surface area contributed by atoms with Gasteiger partial charge in [0.25, 0.3) is 5.91 Å². The molecule has 0 fully saturated rings. The molecule has 0 atom stereocenters. The highest BCUT2D eigenvalue weighted by molar-refractivity contribution is 5.95. The van der Waals surface area contributed by atoms with E-state index in [-0.39, 0.29) is 11.7 Å². The molecule has 0 saturated heterocycles. The van der Waals surface area contributed by atoms with Crippen molar-refractivity contribution in [2.24, 2.45) is 5.10 Å². The van der Waals surface area contributed by atoms with Crippen LogP contribution in [0, 0.1) is 0 Å². The van der Waals surface area contributed by atoms with Gasteiger partial charge < -0.3 is 14.6 Å². The molecule has 0 aliphatic carbocycles. The van der Waals surface area contributed by atoms with Gasteiger partial charge in [0.15, 0.2) is 11.5 Å². The molecule has 28 heavy (non-hydrogen) atoms. The Morgan fingerprint density at radius 2 is 1.82 bits per heavy atom. The monoisotopic (exact) mass is 376 g/mol. The Labute approximate surface area is 163 Å². The zero-order valence-electron chi connectivity index (χ0n) is 15.3. The predicted molar refractivity (Wildman–Crippen MR) is 107 cm³/mol. The standard InChI is InChI=1S/C22H20N2O4/c1-27-21-12-7-17(13-20(21)25)14-23-24-22(26)18-8-10-19(11-9-18)28-15-16-5-3-2-4-6-16/h2-14,25H,15H2,1H3,(H,24,26)/b23-14+. The Hall–Kier alpha value is -3.80. The number of phenols is 1. The molecule has 6 nitrogen and oxygen atoms in total. The average Bonchev–Trinajstić information content (AvgIpc) is 2.73. The molecule has 2 N–H and O–H groups in total. The van der Waals surface area contributed by atoms with E-state index in [1.54, 1.807) is 36.4 Å². The fourth-order valence-electron chi connectivity index (χ4n) is 2.46. The first-order valence-corrected chi connectivity index (χ1v) is 8.63. The van der Waals surface area contributed by atoms with Crippen molar-refractivity contribution in [1.29, 1.82) is 0 Å². The number of rotatable bonds is 7. The number of methoxy groups -OCH3 is 1. The van der Waals surface area contributed by atoms with Gasteiger partial charge in [0, 0.05) is 5.56 Å². The first-order chi connectivity index (χ1) is 13.7. The van der Waals surface area contributed by atoms with Gasteiger partial charge in [-0.15, -0.1) is 0 Å². The molecule has 0 saturated carbocycles.